The summed E-state index contributed by atoms with van der Waals surface area (Å²) in [4.78, 5) is 27.1. The molecule has 0 aromatic heterocycles. The standard InChI is InChI=1S/C13H22N2O3/c1-10(2)9-12(16)14-5-3-11(4-6-14)15-7-8-18-13(15)17/h10-11H,3-9H2,1-2H3. The van der Waals surface area contributed by atoms with Crippen LogP contribution < -0.4 is 0 Å². The molecule has 2 fully saturated rings. The number of likely N-dealkylation sites (tertiary alicyclic amines) is 1. The first-order valence-electron chi connectivity index (χ1n) is 6.79. The molecule has 2 aliphatic heterocycles. The van der Waals surface area contributed by atoms with Crippen molar-refractivity contribution >= 4 is 12.0 Å². The third-order valence-corrected chi connectivity index (χ3v) is 3.63. The minimum Gasteiger partial charge on any atom is -0.448 e. The molecule has 5 heteroatoms. The molecule has 0 atom stereocenters. The molecule has 2 saturated heterocycles. The van der Waals surface area contributed by atoms with Crippen molar-refractivity contribution in [1.82, 2.24) is 9.80 Å². The fraction of sp³-hybridized carbons (Fsp3) is 0.846. The van der Waals surface area contributed by atoms with E-state index in [-0.39, 0.29) is 18.0 Å². The van der Waals surface area contributed by atoms with Gasteiger partial charge in [0.25, 0.3) is 0 Å². The lowest BCUT2D eigenvalue weighted by atomic mass is 10.0. The van der Waals surface area contributed by atoms with E-state index in [0.717, 1.165) is 25.9 Å². The summed E-state index contributed by atoms with van der Waals surface area (Å²) >= 11 is 0. The third kappa shape index (κ3) is 2.94. The number of ether oxygens (including phenoxy) is 1. The quantitative estimate of drug-likeness (QED) is 0.766. The number of hydrogen-bond donors (Lipinski definition) is 0. The number of amides is 2. The van der Waals surface area contributed by atoms with E-state index in [1.54, 1.807) is 0 Å². The van der Waals surface area contributed by atoms with Crippen molar-refractivity contribution in [2.45, 2.75) is 39.2 Å². The van der Waals surface area contributed by atoms with Crippen LogP contribution in [0.2, 0.25) is 0 Å². The Kier molecular flexibility index (Phi) is 4.09. The highest BCUT2D eigenvalue weighted by Gasteiger charge is 2.33. The van der Waals surface area contributed by atoms with Gasteiger partial charge in [0.15, 0.2) is 0 Å². The van der Waals surface area contributed by atoms with Gasteiger partial charge in [-0.25, -0.2) is 4.79 Å². The van der Waals surface area contributed by atoms with Gasteiger partial charge >= 0.3 is 6.09 Å². The first kappa shape index (κ1) is 13.2. The van der Waals surface area contributed by atoms with Crippen LogP contribution in [-0.4, -0.2) is 54.1 Å². The van der Waals surface area contributed by atoms with Crippen LogP contribution in [0.4, 0.5) is 4.79 Å². The normalized spacial score (nSPS) is 21.6. The Bertz CT molecular complexity index is 322. The lowest BCUT2D eigenvalue weighted by Gasteiger charge is -2.35. The number of carbonyl (C=O) groups excluding carboxylic acids is 2. The molecule has 0 aromatic carbocycles. The summed E-state index contributed by atoms with van der Waals surface area (Å²) in [6, 6.07) is 0.253. The molecule has 0 aliphatic carbocycles. The van der Waals surface area contributed by atoms with Gasteiger partial charge in [-0.1, -0.05) is 13.8 Å². The number of nitrogens with zero attached hydrogens (tertiary/aromatic N) is 2. The molecule has 0 bridgehead atoms. The van der Waals surface area contributed by atoms with Crippen LogP contribution in [0, 0.1) is 5.92 Å². The molecule has 2 amide bonds. The zero-order valence-corrected chi connectivity index (χ0v) is 11.2. The Balaban J connectivity index is 1.81. The van der Waals surface area contributed by atoms with Crippen LogP contribution in [0.5, 0.6) is 0 Å². The zero-order valence-electron chi connectivity index (χ0n) is 11.2. The molecule has 0 saturated carbocycles. The maximum absolute atomic E-state index is 11.9. The summed E-state index contributed by atoms with van der Waals surface area (Å²) in [7, 11) is 0. The van der Waals surface area contributed by atoms with Crippen LogP contribution in [0.25, 0.3) is 0 Å². The summed E-state index contributed by atoms with van der Waals surface area (Å²) in [5.41, 5.74) is 0. The SMILES string of the molecule is CC(C)CC(=O)N1CCC(N2CCOC2=O)CC1. The van der Waals surface area contributed by atoms with Crippen molar-refractivity contribution in [3.8, 4) is 0 Å². The third-order valence-electron chi connectivity index (χ3n) is 3.63. The van der Waals surface area contributed by atoms with Gasteiger partial charge in [0, 0.05) is 25.6 Å². The Morgan fingerprint density at radius 3 is 2.50 bits per heavy atom. The second kappa shape index (κ2) is 5.59. The molecule has 2 aliphatic rings. The molecule has 0 radical (unpaired) electrons. The summed E-state index contributed by atoms with van der Waals surface area (Å²) in [5, 5.41) is 0. The predicted octanol–water partition coefficient (Wildman–Crippen LogP) is 1.48. The number of piperidine rings is 1. The first-order valence-corrected chi connectivity index (χ1v) is 6.79. The van der Waals surface area contributed by atoms with Crippen LogP contribution in [0.1, 0.15) is 33.1 Å². The molecule has 102 valence electrons. The molecule has 0 unspecified atom stereocenters. The minimum atomic E-state index is -0.193. The molecule has 2 heterocycles. The average Bonchev–Trinajstić information content (AvgIpc) is 2.75. The van der Waals surface area contributed by atoms with Gasteiger partial charge in [-0.15, -0.1) is 0 Å². The molecule has 5 nitrogen and oxygen atoms in total. The number of hydrogen-bond acceptors (Lipinski definition) is 3. The molecule has 0 aromatic rings. The highest BCUT2D eigenvalue weighted by molar-refractivity contribution is 5.76. The van der Waals surface area contributed by atoms with Gasteiger partial charge in [-0.3, -0.25) is 4.79 Å². The van der Waals surface area contributed by atoms with Crippen LogP contribution in [-0.2, 0) is 9.53 Å². The molecule has 0 spiro atoms. The monoisotopic (exact) mass is 254 g/mol. The Hall–Kier alpha value is -1.26. The van der Waals surface area contributed by atoms with E-state index >= 15 is 0 Å². The van der Waals surface area contributed by atoms with E-state index in [0.29, 0.717) is 25.5 Å². The highest BCUT2D eigenvalue weighted by atomic mass is 16.6. The van der Waals surface area contributed by atoms with Gasteiger partial charge in [0.1, 0.15) is 6.61 Å². The number of cyclic esters (lactones) is 1. The zero-order chi connectivity index (χ0) is 13.1. The smallest absolute Gasteiger partial charge is 0.410 e. The van der Waals surface area contributed by atoms with E-state index in [1.165, 1.54) is 0 Å². The second-order valence-corrected chi connectivity index (χ2v) is 5.52. The van der Waals surface area contributed by atoms with Crippen molar-refractivity contribution in [2.24, 2.45) is 5.92 Å². The van der Waals surface area contributed by atoms with E-state index in [1.807, 2.05) is 9.80 Å². The number of rotatable bonds is 3. The summed E-state index contributed by atoms with van der Waals surface area (Å²) in [6.45, 7) is 6.85. The minimum absolute atomic E-state index is 0.193. The second-order valence-electron chi connectivity index (χ2n) is 5.52. The summed E-state index contributed by atoms with van der Waals surface area (Å²) < 4.78 is 4.95. The van der Waals surface area contributed by atoms with Crippen LogP contribution in [0.15, 0.2) is 0 Å². The van der Waals surface area contributed by atoms with Crippen molar-refractivity contribution in [3.05, 3.63) is 0 Å². The van der Waals surface area contributed by atoms with Gasteiger partial charge in [0.2, 0.25) is 5.91 Å². The lowest BCUT2D eigenvalue weighted by molar-refractivity contribution is -0.133. The van der Waals surface area contributed by atoms with E-state index in [4.69, 9.17) is 4.74 Å². The molecular formula is C13H22N2O3. The average molecular weight is 254 g/mol. The molecular weight excluding hydrogens is 232 g/mol. The maximum Gasteiger partial charge on any atom is 0.410 e. The highest BCUT2D eigenvalue weighted by Crippen LogP contribution is 2.20. The number of carbonyl (C=O) groups is 2. The predicted molar refractivity (Wildman–Crippen MR) is 67.1 cm³/mol. The summed E-state index contributed by atoms with van der Waals surface area (Å²) in [5.74, 6) is 0.649. The molecule has 18 heavy (non-hydrogen) atoms. The lowest BCUT2D eigenvalue weighted by Crippen LogP contribution is -2.47. The largest absolute Gasteiger partial charge is 0.448 e. The van der Waals surface area contributed by atoms with E-state index < -0.39 is 0 Å². The van der Waals surface area contributed by atoms with Gasteiger partial charge in [0.05, 0.1) is 6.54 Å². The first-order chi connectivity index (χ1) is 8.58. The topological polar surface area (TPSA) is 49.9 Å². The molecule has 2 rings (SSSR count). The molecule has 0 N–H and O–H groups in total. The van der Waals surface area contributed by atoms with Gasteiger partial charge in [-0.2, -0.15) is 0 Å². The fourth-order valence-corrected chi connectivity index (χ4v) is 2.64. The van der Waals surface area contributed by atoms with E-state index in [2.05, 4.69) is 13.8 Å². The van der Waals surface area contributed by atoms with Crippen molar-refractivity contribution < 1.29 is 14.3 Å². The van der Waals surface area contributed by atoms with Gasteiger partial charge in [-0.05, 0) is 18.8 Å². The van der Waals surface area contributed by atoms with Crippen molar-refractivity contribution in [1.29, 1.82) is 0 Å². The van der Waals surface area contributed by atoms with Crippen molar-refractivity contribution in [2.75, 3.05) is 26.2 Å². The Morgan fingerprint density at radius 2 is 2.00 bits per heavy atom. The Labute approximate surface area is 108 Å². The van der Waals surface area contributed by atoms with Crippen molar-refractivity contribution in [3.63, 3.8) is 0 Å². The maximum atomic E-state index is 11.9. The van der Waals surface area contributed by atoms with Crippen LogP contribution in [0.3, 0.4) is 0 Å². The fourth-order valence-electron chi connectivity index (χ4n) is 2.64. The van der Waals surface area contributed by atoms with Crippen LogP contribution >= 0.6 is 0 Å². The van der Waals surface area contributed by atoms with Gasteiger partial charge < -0.3 is 14.5 Å². The Morgan fingerprint density at radius 1 is 1.33 bits per heavy atom. The summed E-state index contributed by atoms with van der Waals surface area (Å²) in [6.07, 6.45) is 2.18. The van der Waals surface area contributed by atoms with E-state index in [9.17, 15) is 9.59 Å².